The summed E-state index contributed by atoms with van der Waals surface area (Å²) < 4.78 is 13.4. The van der Waals surface area contributed by atoms with E-state index in [-0.39, 0.29) is 0 Å². The van der Waals surface area contributed by atoms with Crippen LogP contribution in [0.1, 0.15) is 22.3 Å². The van der Waals surface area contributed by atoms with E-state index in [0.717, 1.165) is 89.2 Å². The Kier molecular flexibility index (Phi) is 8.41. The molecule has 0 N–H and O–H groups in total. The lowest BCUT2D eigenvalue weighted by molar-refractivity contribution is 0.303. The van der Waals surface area contributed by atoms with Crippen LogP contribution in [0.2, 0.25) is 0 Å². The molecule has 0 radical (unpaired) electrons. The Balaban J connectivity index is 1.19. The second kappa shape index (κ2) is 13.6. The highest BCUT2D eigenvalue weighted by Crippen LogP contribution is 2.46. The first-order chi connectivity index (χ1) is 24.6. The molecule has 0 unspecified atom stereocenters. The number of hydrogen-bond acceptors (Lipinski definition) is 6. The first-order valence-electron chi connectivity index (χ1n) is 16.6. The van der Waals surface area contributed by atoms with E-state index in [1.165, 1.54) is 0 Å². The second-order valence-corrected chi connectivity index (χ2v) is 12.4. The standard InChI is InChI=1S/C44H34N4O2/c1-29-15-19-45-37(23-29)39-25-31(17-21-47-39)27-49-41-13-11-33-7-3-5-9-35(33)43(41)44-36-10-6-4-8-34(36)12-14-42(44)50-28-32-18-22-48-40(26-32)38-24-30(2)16-20-46-38/h3-26H,27-28H2,1-2H3. The third kappa shape index (κ3) is 6.39. The number of hydrogen-bond donors (Lipinski definition) is 0. The minimum absolute atomic E-state index is 0.362. The summed E-state index contributed by atoms with van der Waals surface area (Å²) in [5.41, 5.74) is 9.57. The fraction of sp³-hybridized carbons (Fsp3) is 0.0909. The SMILES string of the molecule is Cc1ccnc(-c2cc(COc3ccc4ccccc4c3-c3c(OCc4ccnc(-c5cc(C)ccn5)c4)ccc4ccccc34)ccn2)c1. The van der Waals surface area contributed by atoms with Gasteiger partial charge in [0.05, 0.1) is 22.8 Å². The van der Waals surface area contributed by atoms with Crippen LogP contribution in [0.4, 0.5) is 0 Å². The van der Waals surface area contributed by atoms with E-state index in [4.69, 9.17) is 9.47 Å². The predicted octanol–water partition coefficient (Wildman–Crippen LogP) is 10.3. The van der Waals surface area contributed by atoms with Crippen LogP contribution < -0.4 is 9.47 Å². The van der Waals surface area contributed by atoms with E-state index in [1.807, 2.05) is 73.3 Å². The maximum Gasteiger partial charge on any atom is 0.128 e. The van der Waals surface area contributed by atoms with Crippen LogP contribution >= 0.6 is 0 Å². The summed E-state index contributed by atoms with van der Waals surface area (Å²) in [4.78, 5) is 18.2. The van der Waals surface area contributed by atoms with Gasteiger partial charge in [-0.2, -0.15) is 0 Å². The van der Waals surface area contributed by atoms with Gasteiger partial charge in [0.15, 0.2) is 0 Å². The van der Waals surface area contributed by atoms with Crippen LogP contribution in [0.25, 0.3) is 55.4 Å². The van der Waals surface area contributed by atoms with Crippen molar-refractivity contribution in [3.63, 3.8) is 0 Å². The third-order valence-electron chi connectivity index (χ3n) is 8.82. The van der Waals surface area contributed by atoms with E-state index >= 15 is 0 Å². The van der Waals surface area contributed by atoms with Gasteiger partial charge in [-0.15, -0.1) is 0 Å². The van der Waals surface area contributed by atoms with Gasteiger partial charge in [0.2, 0.25) is 0 Å². The molecule has 0 atom stereocenters. The smallest absolute Gasteiger partial charge is 0.128 e. The van der Waals surface area contributed by atoms with Gasteiger partial charge in [-0.05, 0) is 118 Å². The average Bonchev–Trinajstić information content (AvgIpc) is 3.16. The van der Waals surface area contributed by atoms with Crippen LogP contribution in [0.5, 0.6) is 11.5 Å². The molecule has 4 aromatic carbocycles. The second-order valence-electron chi connectivity index (χ2n) is 12.4. The van der Waals surface area contributed by atoms with Crippen molar-refractivity contribution < 1.29 is 9.47 Å². The molecule has 8 aromatic rings. The summed E-state index contributed by atoms with van der Waals surface area (Å²) in [5.74, 6) is 1.54. The maximum absolute atomic E-state index is 6.72. The topological polar surface area (TPSA) is 70.0 Å². The lowest BCUT2D eigenvalue weighted by atomic mass is 9.92. The lowest BCUT2D eigenvalue weighted by Gasteiger charge is -2.20. The van der Waals surface area contributed by atoms with Crippen molar-refractivity contribution in [3.05, 3.63) is 168 Å². The number of fused-ring (bicyclic) bond motifs is 2. The summed E-state index contributed by atoms with van der Waals surface area (Å²) in [6, 6.07) is 41.3. The van der Waals surface area contributed by atoms with Crippen LogP contribution in [-0.2, 0) is 13.2 Å². The van der Waals surface area contributed by atoms with Crippen LogP contribution in [0, 0.1) is 13.8 Å². The number of aryl methyl sites for hydroxylation is 2. The number of nitrogens with zero attached hydrogens (tertiary/aromatic N) is 4. The minimum atomic E-state index is 0.362. The number of rotatable bonds is 9. The van der Waals surface area contributed by atoms with Crippen LogP contribution in [0.15, 0.2) is 146 Å². The molecule has 6 nitrogen and oxygen atoms in total. The quantitative estimate of drug-likeness (QED) is 0.155. The van der Waals surface area contributed by atoms with Gasteiger partial charge in [0.25, 0.3) is 0 Å². The predicted molar refractivity (Wildman–Crippen MR) is 200 cm³/mol. The van der Waals surface area contributed by atoms with Crippen molar-refractivity contribution in [1.29, 1.82) is 0 Å². The van der Waals surface area contributed by atoms with Gasteiger partial charge in [0.1, 0.15) is 24.7 Å². The third-order valence-corrected chi connectivity index (χ3v) is 8.82. The molecule has 0 spiro atoms. The Morgan fingerprint density at radius 3 is 1.26 bits per heavy atom. The number of ether oxygens (including phenoxy) is 2. The fourth-order valence-electron chi connectivity index (χ4n) is 6.34. The number of pyridine rings is 4. The molecule has 0 aliphatic carbocycles. The summed E-state index contributed by atoms with van der Waals surface area (Å²) in [7, 11) is 0. The first kappa shape index (κ1) is 30.9. The normalized spacial score (nSPS) is 11.2. The highest BCUT2D eigenvalue weighted by Gasteiger charge is 2.20. The molecule has 4 heterocycles. The molecule has 242 valence electrons. The van der Waals surface area contributed by atoms with Crippen molar-refractivity contribution in [2.75, 3.05) is 0 Å². The number of benzene rings is 4. The Morgan fingerprint density at radius 2 is 0.820 bits per heavy atom. The first-order valence-corrected chi connectivity index (χ1v) is 16.6. The summed E-state index contributed by atoms with van der Waals surface area (Å²) in [6.45, 7) is 4.84. The van der Waals surface area contributed by atoms with Crippen molar-refractivity contribution in [2.45, 2.75) is 27.1 Å². The molecule has 0 fully saturated rings. The van der Waals surface area contributed by atoms with Crippen molar-refractivity contribution in [2.24, 2.45) is 0 Å². The van der Waals surface area contributed by atoms with E-state index in [2.05, 4.69) is 107 Å². The molecule has 6 heteroatoms. The molecule has 0 amide bonds. The van der Waals surface area contributed by atoms with Gasteiger partial charge in [-0.25, -0.2) is 0 Å². The van der Waals surface area contributed by atoms with Gasteiger partial charge >= 0.3 is 0 Å². The molecular formula is C44H34N4O2. The van der Waals surface area contributed by atoms with Crippen LogP contribution in [0.3, 0.4) is 0 Å². The highest BCUT2D eigenvalue weighted by atomic mass is 16.5. The molecule has 8 rings (SSSR count). The zero-order valence-corrected chi connectivity index (χ0v) is 27.9. The largest absolute Gasteiger partial charge is 0.488 e. The molecule has 4 aromatic heterocycles. The van der Waals surface area contributed by atoms with Crippen molar-refractivity contribution in [3.8, 4) is 45.4 Å². The maximum atomic E-state index is 6.72. The van der Waals surface area contributed by atoms with Gasteiger partial charge in [-0.3, -0.25) is 19.9 Å². The van der Waals surface area contributed by atoms with Gasteiger partial charge < -0.3 is 9.47 Å². The lowest BCUT2D eigenvalue weighted by Crippen LogP contribution is -2.02. The Bertz CT molecular complexity index is 2320. The van der Waals surface area contributed by atoms with Gasteiger partial charge in [0, 0.05) is 35.9 Å². The highest BCUT2D eigenvalue weighted by molar-refractivity contribution is 6.09. The molecule has 50 heavy (non-hydrogen) atoms. The monoisotopic (exact) mass is 650 g/mol. The molecule has 0 aliphatic rings. The van der Waals surface area contributed by atoms with Crippen molar-refractivity contribution >= 4 is 21.5 Å². The number of aromatic nitrogens is 4. The zero-order chi connectivity index (χ0) is 33.9. The molecule has 0 saturated heterocycles. The van der Waals surface area contributed by atoms with Gasteiger partial charge in [-0.1, -0.05) is 60.7 Å². The molecule has 0 bridgehead atoms. The zero-order valence-electron chi connectivity index (χ0n) is 27.9. The fourth-order valence-corrected chi connectivity index (χ4v) is 6.34. The molecule has 0 saturated carbocycles. The van der Waals surface area contributed by atoms with E-state index in [0.29, 0.717) is 13.2 Å². The Hall–Kier alpha value is -6.40. The summed E-state index contributed by atoms with van der Waals surface area (Å²) in [6.07, 6.45) is 7.26. The molecular weight excluding hydrogens is 617 g/mol. The van der Waals surface area contributed by atoms with E-state index in [9.17, 15) is 0 Å². The van der Waals surface area contributed by atoms with E-state index < -0.39 is 0 Å². The van der Waals surface area contributed by atoms with Crippen molar-refractivity contribution in [1.82, 2.24) is 19.9 Å². The Morgan fingerprint density at radius 1 is 0.420 bits per heavy atom. The Labute approximate surface area is 291 Å². The molecule has 0 aliphatic heterocycles. The average molecular weight is 651 g/mol. The van der Waals surface area contributed by atoms with E-state index in [1.54, 1.807) is 0 Å². The minimum Gasteiger partial charge on any atom is -0.488 e. The van der Waals surface area contributed by atoms with Crippen LogP contribution in [-0.4, -0.2) is 19.9 Å². The summed E-state index contributed by atoms with van der Waals surface area (Å²) in [5, 5.41) is 4.41. The summed E-state index contributed by atoms with van der Waals surface area (Å²) >= 11 is 0.